The summed E-state index contributed by atoms with van der Waals surface area (Å²) in [5.74, 6) is -0.820. The summed E-state index contributed by atoms with van der Waals surface area (Å²) in [6.45, 7) is 3.25. The molecule has 1 aliphatic heterocycles. The van der Waals surface area contributed by atoms with Crippen molar-refractivity contribution >= 4 is 21.6 Å². The minimum Gasteiger partial charge on any atom is -0.301 e. The van der Waals surface area contributed by atoms with Crippen LogP contribution < -0.4 is 5.14 Å². The molecule has 3 rings (SSSR count). The second-order valence-corrected chi connectivity index (χ2v) is 8.20. The Hall–Kier alpha value is -1.47. The maximum Gasteiger partial charge on any atom is 0.238 e. The van der Waals surface area contributed by atoms with Gasteiger partial charge in [0.1, 0.15) is 5.82 Å². The molecular weight excluding hydrogens is 351 g/mol. The van der Waals surface area contributed by atoms with E-state index in [1.807, 2.05) is 20.0 Å². The molecule has 128 valence electrons. The molecule has 0 fully saturated rings. The summed E-state index contributed by atoms with van der Waals surface area (Å²) in [5.41, 5.74) is 3.29. The fraction of sp³-hybridized carbons (Fsp3) is 0.294. The Labute approximate surface area is 146 Å². The van der Waals surface area contributed by atoms with Crippen LogP contribution in [0.15, 0.2) is 35.2 Å². The topological polar surface area (TPSA) is 63.4 Å². The van der Waals surface area contributed by atoms with Crippen LogP contribution in [0.1, 0.15) is 28.2 Å². The van der Waals surface area contributed by atoms with Gasteiger partial charge in [-0.15, -0.1) is 0 Å². The van der Waals surface area contributed by atoms with Crippen molar-refractivity contribution in [3.8, 4) is 0 Å². The van der Waals surface area contributed by atoms with E-state index >= 15 is 0 Å². The lowest BCUT2D eigenvalue weighted by atomic mass is 9.83. The van der Waals surface area contributed by atoms with Gasteiger partial charge in [-0.05, 0) is 60.5 Å². The number of hydrogen-bond donors (Lipinski definition) is 1. The Morgan fingerprint density at radius 2 is 2.00 bits per heavy atom. The first kappa shape index (κ1) is 17.4. The molecule has 0 amide bonds. The number of benzene rings is 2. The van der Waals surface area contributed by atoms with Gasteiger partial charge in [-0.3, -0.25) is 0 Å². The van der Waals surface area contributed by atoms with E-state index < -0.39 is 15.8 Å². The number of fused-ring (bicyclic) bond motifs is 1. The van der Waals surface area contributed by atoms with Gasteiger partial charge in [-0.1, -0.05) is 17.7 Å². The highest BCUT2D eigenvalue weighted by Gasteiger charge is 2.30. The molecule has 1 aliphatic rings. The van der Waals surface area contributed by atoms with E-state index in [4.69, 9.17) is 16.7 Å². The summed E-state index contributed by atoms with van der Waals surface area (Å²) < 4.78 is 37.8. The summed E-state index contributed by atoms with van der Waals surface area (Å²) in [5, 5.41) is 5.76. The van der Waals surface area contributed by atoms with Gasteiger partial charge in [-0.25, -0.2) is 17.9 Å². The summed E-state index contributed by atoms with van der Waals surface area (Å²) in [6, 6.07) is 7.38. The van der Waals surface area contributed by atoms with Gasteiger partial charge in [-0.2, -0.15) is 0 Å². The normalized spacial score (nSPS) is 18.5. The largest absolute Gasteiger partial charge is 0.301 e. The van der Waals surface area contributed by atoms with Crippen LogP contribution in [0.4, 0.5) is 4.39 Å². The van der Waals surface area contributed by atoms with Crippen molar-refractivity contribution in [1.29, 1.82) is 0 Å². The standard InChI is InChI=1S/C17H18ClFN2O2S/c1-10-3-5-15(18)17-13(10)8-21(2)9-14(17)12-7-11(24(20,22)23)4-6-16(12)19/h3-7,14H,8-9H2,1-2H3,(H2,20,22,23). The van der Waals surface area contributed by atoms with Crippen LogP contribution in [0.3, 0.4) is 0 Å². The Morgan fingerprint density at radius 1 is 1.29 bits per heavy atom. The highest BCUT2D eigenvalue weighted by Crippen LogP contribution is 2.40. The van der Waals surface area contributed by atoms with E-state index in [1.54, 1.807) is 6.07 Å². The highest BCUT2D eigenvalue weighted by atomic mass is 35.5. The van der Waals surface area contributed by atoms with Crippen LogP contribution in [0.5, 0.6) is 0 Å². The number of rotatable bonds is 2. The Morgan fingerprint density at radius 3 is 2.67 bits per heavy atom. The van der Waals surface area contributed by atoms with Crippen LogP contribution in [-0.2, 0) is 16.6 Å². The van der Waals surface area contributed by atoms with Crippen molar-refractivity contribution in [1.82, 2.24) is 4.90 Å². The smallest absolute Gasteiger partial charge is 0.238 e. The van der Waals surface area contributed by atoms with E-state index in [1.165, 1.54) is 12.1 Å². The third-order valence-electron chi connectivity index (χ3n) is 4.48. The Bertz CT molecular complexity index is 915. The number of halogens is 2. The number of sulfonamides is 1. The number of aryl methyl sites for hydroxylation is 1. The van der Waals surface area contributed by atoms with Crippen LogP contribution in [0.2, 0.25) is 5.02 Å². The van der Waals surface area contributed by atoms with Crippen LogP contribution in [0.25, 0.3) is 0 Å². The molecule has 0 aromatic heterocycles. The van der Waals surface area contributed by atoms with E-state index in [2.05, 4.69) is 4.90 Å². The second kappa shape index (κ2) is 6.11. The van der Waals surface area contributed by atoms with Crippen molar-refractivity contribution in [2.45, 2.75) is 24.3 Å². The maximum atomic E-state index is 14.5. The molecule has 1 heterocycles. The van der Waals surface area contributed by atoms with Crippen molar-refractivity contribution < 1.29 is 12.8 Å². The van der Waals surface area contributed by atoms with Gasteiger partial charge in [0.05, 0.1) is 4.90 Å². The highest BCUT2D eigenvalue weighted by molar-refractivity contribution is 7.89. The SMILES string of the molecule is Cc1ccc(Cl)c2c1CN(C)CC2c1cc(S(N)(=O)=O)ccc1F. The number of hydrogen-bond acceptors (Lipinski definition) is 3. The van der Waals surface area contributed by atoms with Crippen LogP contribution in [0, 0.1) is 12.7 Å². The van der Waals surface area contributed by atoms with Gasteiger partial charge in [0.2, 0.25) is 10.0 Å². The summed E-state index contributed by atoms with van der Waals surface area (Å²) in [4.78, 5) is 1.97. The number of nitrogens with two attached hydrogens (primary N) is 1. The van der Waals surface area contributed by atoms with Crippen LogP contribution in [-0.4, -0.2) is 26.9 Å². The summed E-state index contributed by atoms with van der Waals surface area (Å²) in [7, 11) is -1.96. The lowest BCUT2D eigenvalue weighted by molar-refractivity contribution is 0.292. The van der Waals surface area contributed by atoms with Gasteiger partial charge in [0.25, 0.3) is 0 Å². The lowest BCUT2D eigenvalue weighted by Crippen LogP contribution is -2.32. The van der Waals surface area contributed by atoms with Crippen LogP contribution >= 0.6 is 11.6 Å². The molecule has 7 heteroatoms. The molecule has 0 saturated heterocycles. The first-order valence-corrected chi connectivity index (χ1v) is 9.39. The Balaban J connectivity index is 2.24. The average Bonchev–Trinajstić information content (AvgIpc) is 2.49. The van der Waals surface area contributed by atoms with Crippen molar-refractivity contribution in [3.63, 3.8) is 0 Å². The molecule has 0 saturated carbocycles. The fourth-order valence-corrected chi connectivity index (χ4v) is 4.15. The molecule has 2 aromatic rings. The zero-order valence-electron chi connectivity index (χ0n) is 13.4. The second-order valence-electron chi connectivity index (χ2n) is 6.23. The molecule has 1 unspecified atom stereocenters. The molecule has 0 aliphatic carbocycles. The first-order valence-electron chi connectivity index (χ1n) is 7.47. The number of nitrogens with zero attached hydrogens (tertiary/aromatic N) is 1. The molecular formula is C17H18ClFN2O2S. The minimum absolute atomic E-state index is 0.0996. The average molecular weight is 369 g/mol. The summed E-state index contributed by atoms with van der Waals surface area (Å²) in [6.07, 6.45) is 0. The number of likely N-dealkylation sites (N-methyl/N-ethyl adjacent to an activating group) is 1. The molecule has 0 spiro atoms. The molecule has 0 bridgehead atoms. The molecule has 1 atom stereocenters. The quantitative estimate of drug-likeness (QED) is 0.886. The van der Waals surface area contributed by atoms with Crippen molar-refractivity contribution in [3.05, 3.63) is 63.4 Å². The van der Waals surface area contributed by atoms with Gasteiger partial charge in [0, 0.05) is 24.0 Å². The zero-order chi connectivity index (χ0) is 17.6. The van der Waals surface area contributed by atoms with Crippen molar-refractivity contribution in [2.75, 3.05) is 13.6 Å². The molecule has 0 radical (unpaired) electrons. The van der Waals surface area contributed by atoms with E-state index in [-0.39, 0.29) is 10.8 Å². The predicted octanol–water partition coefficient (Wildman–Crippen LogP) is 3.01. The molecule has 2 aromatic carbocycles. The van der Waals surface area contributed by atoms with E-state index in [0.29, 0.717) is 23.7 Å². The Kier molecular flexibility index (Phi) is 4.42. The molecule has 4 nitrogen and oxygen atoms in total. The van der Waals surface area contributed by atoms with Gasteiger partial charge in [0.15, 0.2) is 0 Å². The molecule has 24 heavy (non-hydrogen) atoms. The monoisotopic (exact) mass is 368 g/mol. The lowest BCUT2D eigenvalue weighted by Gasteiger charge is -2.34. The van der Waals surface area contributed by atoms with Crippen molar-refractivity contribution in [2.24, 2.45) is 5.14 Å². The first-order chi connectivity index (χ1) is 11.2. The third kappa shape index (κ3) is 3.07. The minimum atomic E-state index is -3.90. The summed E-state index contributed by atoms with van der Waals surface area (Å²) >= 11 is 6.40. The zero-order valence-corrected chi connectivity index (χ0v) is 15.0. The van der Waals surface area contributed by atoms with E-state index in [9.17, 15) is 12.8 Å². The van der Waals surface area contributed by atoms with Gasteiger partial charge >= 0.3 is 0 Å². The third-order valence-corrected chi connectivity index (χ3v) is 5.72. The number of primary sulfonamides is 1. The molecule has 2 N–H and O–H groups in total. The predicted molar refractivity (Wildman–Crippen MR) is 92.1 cm³/mol. The van der Waals surface area contributed by atoms with E-state index in [0.717, 1.165) is 22.8 Å². The fourth-order valence-electron chi connectivity index (χ4n) is 3.29. The van der Waals surface area contributed by atoms with Gasteiger partial charge < -0.3 is 4.90 Å². The maximum absolute atomic E-state index is 14.5.